The largest absolute Gasteiger partial charge is 0.299 e. The van der Waals surface area contributed by atoms with Crippen molar-refractivity contribution in [2.24, 2.45) is 17.8 Å². The van der Waals surface area contributed by atoms with E-state index in [0.29, 0.717) is 23.5 Å². The summed E-state index contributed by atoms with van der Waals surface area (Å²) in [4.78, 5) is 12.2. The van der Waals surface area contributed by atoms with E-state index in [4.69, 9.17) is 0 Å². The van der Waals surface area contributed by atoms with Crippen LogP contribution >= 0.6 is 0 Å². The molecule has 0 bridgehead atoms. The maximum Gasteiger partial charge on any atom is 0.136 e. The lowest BCUT2D eigenvalue weighted by Gasteiger charge is -2.25. The zero-order valence-electron chi connectivity index (χ0n) is 11.3. The number of rotatable bonds is 6. The molecule has 0 spiro atoms. The Kier molecular flexibility index (Phi) is 6.08. The third kappa shape index (κ3) is 4.27. The minimum absolute atomic E-state index is 0.409. The molecule has 0 heterocycles. The molecular weight excluding hydrogens is 196 g/mol. The Hall–Kier alpha value is -0.330. The topological polar surface area (TPSA) is 17.1 Å². The summed E-state index contributed by atoms with van der Waals surface area (Å²) in [5, 5.41) is 0. The van der Waals surface area contributed by atoms with Gasteiger partial charge in [-0.3, -0.25) is 4.79 Å². The minimum Gasteiger partial charge on any atom is -0.299 e. The second-order valence-electron chi connectivity index (χ2n) is 5.80. The molecule has 0 aromatic heterocycles. The predicted molar refractivity (Wildman–Crippen MR) is 69.4 cm³/mol. The van der Waals surface area contributed by atoms with Crippen molar-refractivity contribution in [3.05, 3.63) is 0 Å². The smallest absolute Gasteiger partial charge is 0.136 e. The summed E-state index contributed by atoms with van der Waals surface area (Å²) < 4.78 is 0. The first-order chi connectivity index (χ1) is 7.65. The molecule has 0 aliphatic heterocycles. The fraction of sp³-hybridized carbons (Fsp3) is 0.933. The minimum atomic E-state index is 0.409. The molecule has 0 aromatic carbocycles. The molecular formula is C15H28O. The van der Waals surface area contributed by atoms with Crippen molar-refractivity contribution >= 4 is 5.78 Å². The van der Waals surface area contributed by atoms with Crippen molar-refractivity contribution in [3.63, 3.8) is 0 Å². The van der Waals surface area contributed by atoms with E-state index in [-0.39, 0.29) is 0 Å². The molecule has 1 rings (SSSR count). The van der Waals surface area contributed by atoms with Crippen LogP contribution in [0.4, 0.5) is 0 Å². The van der Waals surface area contributed by atoms with E-state index in [1.54, 1.807) is 0 Å². The normalized spacial score (nSPS) is 20.0. The van der Waals surface area contributed by atoms with Crippen LogP contribution in [-0.4, -0.2) is 5.78 Å². The molecule has 1 nitrogen and oxygen atoms in total. The van der Waals surface area contributed by atoms with Crippen molar-refractivity contribution in [3.8, 4) is 0 Å². The van der Waals surface area contributed by atoms with Gasteiger partial charge in [-0.1, -0.05) is 52.9 Å². The quantitative estimate of drug-likeness (QED) is 0.644. The van der Waals surface area contributed by atoms with Crippen LogP contribution in [0.3, 0.4) is 0 Å². The van der Waals surface area contributed by atoms with Crippen molar-refractivity contribution < 1.29 is 4.79 Å². The third-order valence-electron chi connectivity index (χ3n) is 4.13. The van der Waals surface area contributed by atoms with Gasteiger partial charge in [0.25, 0.3) is 0 Å². The Morgan fingerprint density at radius 1 is 1.19 bits per heavy atom. The van der Waals surface area contributed by atoms with Gasteiger partial charge in [0.1, 0.15) is 5.78 Å². The molecule has 0 aromatic rings. The van der Waals surface area contributed by atoms with Crippen LogP contribution in [0, 0.1) is 17.8 Å². The summed E-state index contributed by atoms with van der Waals surface area (Å²) in [6, 6.07) is 0. The number of carbonyl (C=O) groups is 1. The van der Waals surface area contributed by atoms with Gasteiger partial charge in [0.05, 0.1) is 0 Å². The molecule has 1 atom stereocenters. The van der Waals surface area contributed by atoms with Crippen LogP contribution in [0.25, 0.3) is 0 Å². The highest BCUT2D eigenvalue weighted by Gasteiger charge is 2.24. The average molecular weight is 224 g/mol. The second-order valence-corrected chi connectivity index (χ2v) is 5.80. The fourth-order valence-corrected chi connectivity index (χ4v) is 2.89. The number of carbonyl (C=O) groups excluding carboxylic acids is 1. The summed E-state index contributed by atoms with van der Waals surface area (Å²) >= 11 is 0. The van der Waals surface area contributed by atoms with Gasteiger partial charge in [0.15, 0.2) is 0 Å². The lowest BCUT2D eigenvalue weighted by atomic mass is 9.79. The first-order valence-electron chi connectivity index (χ1n) is 7.17. The lowest BCUT2D eigenvalue weighted by molar-refractivity contribution is -0.125. The monoisotopic (exact) mass is 224 g/mol. The maximum atomic E-state index is 12.2. The van der Waals surface area contributed by atoms with E-state index in [1.807, 2.05) is 0 Å². The van der Waals surface area contributed by atoms with Crippen molar-refractivity contribution in [1.82, 2.24) is 0 Å². The van der Waals surface area contributed by atoms with E-state index in [9.17, 15) is 4.79 Å². The molecule has 1 heteroatoms. The first-order valence-corrected chi connectivity index (χ1v) is 7.17. The first kappa shape index (κ1) is 13.7. The molecule has 1 saturated carbocycles. The fourth-order valence-electron chi connectivity index (χ4n) is 2.89. The number of ketones is 1. The van der Waals surface area contributed by atoms with E-state index in [2.05, 4.69) is 20.8 Å². The van der Waals surface area contributed by atoms with Gasteiger partial charge in [-0.2, -0.15) is 0 Å². The molecule has 1 aliphatic rings. The van der Waals surface area contributed by atoms with Crippen molar-refractivity contribution in [2.45, 2.75) is 72.1 Å². The highest BCUT2D eigenvalue weighted by molar-refractivity contribution is 5.81. The molecule has 94 valence electrons. The number of hydrogen-bond acceptors (Lipinski definition) is 1. The predicted octanol–water partition coefficient (Wildman–Crippen LogP) is 4.60. The Morgan fingerprint density at radius 3 is 2.31 bits per heavy atom. The van der Waals surface area contributed by atoms with Crippen LogP contribution in [0.1, 0.15) is 72.1 Å². The van der Waals surface area contributed by atoms with Gasteiger partial charge >= 0.3 is 0 Å². The molecule has 1 aliphatic carbocycles. The molecule has 0 N–H and O–H groups in total. The Labute approximate surface area is 101 Å². The van der Waals surface area contributed by atoms with Gasteiger partial charge in [-0.15, -0.1) is 0 Å². The van der Waals surface area contributed by atoms with Crippen molar-refractivity contribution in [1.29, 1.82) is 0 Å². The van der Waals surface area contributed by atoms with E-state index < -0.39 is 0 Å². The van der Waals surface area contributed by atoms with Gasteiger partial charge in [0.2, 0.25) is 0 Å². The van der Waals surface area contributed by atoms with E-state index in [0.717, 1.165) is 19.3 Å². The van der Waals surface area contributed by atoms with E-state index in [1.165, 1.54) is 32.1 Å². The summed E-state index contributed by atoms with van der Waals surface area (Å²) in [5.74, 6) is 2.26. The van der Waals surface area contributed by atoms with Crippen LogP contribution in [0.5, 0.6) is 0 Å². The Morgan fingerprint density at radius 2 is 1.81 bits per heavy atom. The molecule has 1 fully saturated rings. The molecule has 0 amide bonds. The summed E-state index contributed by atoms with van der Waals surface area (Å²) in [5.41, 5.74) is 0. The highest BCUT2D eigenvalue weighted by atomic mass is 16.1. The molecule has 0 unspecified atom stereocenters. The van der Waals surface area contributed by atoms with Gasteiger partial charge in [-0.05, 0) is 24.7 Å². The summed E-state index contributed by atoms with van der Waals surface area (Å²) in [7, 11) is 0. The molecule has 0 saturated heterocycles. The standard InChI is InChI=1S/C15H28O/c1-4-8-14(12(2)3)11-15(16)13-9-6-5-7-10-13/h12-14H,4-11H2,1-3H3/t14-/m0/s1. The molecule has 16 heavy (non-hydrogen) atoms. The van der Waals surface area contributed by atoms with Crippen LogP contribution in [0.2, 0.25) is 0 Å². The summed E-state index contributed by atoms with van der Waals surface area (Å²) in [6.45, 7) is 6.74. The van der Waals surface area contributed by atoms with Gasteiger partial charge < -0.3 is 0 Å². The van der Waals surface area contributed by atoms with Crippen LogP contribution < -0.4 is 0 Å². The van der Waals surface area contributed by atoms with Crippen LogP contribution in [0.15, 0.2) is 0 Å². The zero-order chi connectivity index (χ0) is 12.0. The van der Waals surface area contributed by atoms with Crippen molar-refractivity contribution in [2.75, 3.05) is 0 Å². The van der Waals surface area contributed by atoms with E-state index >= 15 is 0 Å². The number of Topliss-reactive ketones (excluding diaryl/α,β-unsaturated/α-hetero) is 1. The second kappa shape index (κ2) is 7.09. The Balaban J connectivity index is 2.40. The zero-order valence-corrected chi connectivity index (χ0v) is 11.3. The van der Waals surface area contributed by atoms with Gasteiger partial charge in [0, 0.05) is 12.3 Å². The SMILES string of the molecule is CCC[C@@H](CC(=O)C1CCCCC1)C(C)C. The number of hydrogen-bond donors (Lipinski definition) is 0. The van der Waals surface area contributed by atoms with Crippen LogP contribution in [-0.2, 0) is 4.79 Å². The van der Waals surface area contributed by atoms with Gasteiger partial charge in [-0.25, -0.2) is 0 Å². The maximum absolute atomic E-state index is 12.2. The molecule has 0 radical (unpaired) electrons. The highest BCUT2D eigenvalue weighted by Crippen LogP contribution is 2.29. The summed E-state index contributed by atoms with van der Waals surface area (Å²) in [6.07, 6.45) is 9.48. The average Bonchev–Trinajstić information content (AvgIpc) is 2.29. The Bertz CT molecular complexity index is 201. The lowest BCUT2D eigenvalue weighted by Crippen LogP contribution is -2.22. The third-order valence-corrected chi connectivity index (χ3v) is 4.13.